The van der Waals surface area contributed by atoms with E-state index in [9.17, 15) is 0 Å². The van der Waals surface area contributed by atoms with Gasteiger partial charge in [-0.1, -0.05) is 0 Å². The van der Waals surface area contributed by atoms with E-state index in [-0.39, 0.29) is 0 Å². The third-order valence-electron chi connectivity index (χ3n) is 4.85. The molecule has 0 aliphatic carbocycles. The second-order valence-electron chi connectivity index (χ2n) is 6.32. The zero-order valence-corrected chi connectivity index (χ0v) is 13.2. The molecule has 0 radical (unpaired) electrons. The van der Waals surface area contributed by atoms with Gasteiger partial charge in [-0.3, -0.25) is 9.89 Å². The summed E-state index contributed by atoms with van der Waals surface area (Å²) in [6.45, 7) is 6.87. The lowest BCUT2D eigenvalue weighted by atomic mass is 9.96. The Kier molecular flexibility index (Phi) is 4.98. The van der Waals surface area contributed by atoms with Crippen molar-refractivity contribution in [1.82, 2.24) is 15.5 Å². The van der Waals surface area contributed by atoms with Gasteiger partial charge in [0, 0.05) is 32.7 Å². The Morgan fingerprint density at radius 1 is 1.38 bits per heavy atom. The molecule has 4 unspecified atom stereocenters. The quantitative estimate of drug-likeness (QED) is 0.573. The molecule has 6 heteroatoms. The number of rotatable bonds is 4. The molecule has 3 aliphatic rings. The molecule has 0 aromatic heterocycles. The second kappa shape index (κ2) is 6.94. The van der Waals surface area contributed by atoms with Crippen molar-refractivity contribution in [3.8, 4) is 0 Å². The molecule has 3 heterocycles. The highest BCUT2D eigenvalue weighted by molar-refractivity contribution is 5.80. The number of aliphatic imine (C=N–C) groups is 1. The van der Waals surface area contributed by atoms with E-state index in [4.69, 9.17) is 9.47 Å². The first kappa shape index (κ1) is 15.1. The molecule has 3 fully saturated rings. The predicted octanol–water partition coefficient (Wildman–Crippen LogP) is 0.192. The molecule has 0 amide bonds. The van der Waals surface area contributed by atoms with Crippen LogP contribution in [0, 0.1) is 0 Å². The number of fused-ring (bicyclic) bond motifs is 2. The number of nitrogens with zero attached hydrogens (tertiary/aromatic N) is 2. The van der Waals surface area contributed by atoms with Crippen LogP contribution in [0.2, 0.25) is 0 Å². The third kappa shape index (κ3) is 3.67. The van der Waals surface area contributed by atoms with Crippen molar-refractivity contribution in [3.63, 3.8) is 0 Å². The van der Waals surface area contributed by atoms with Gasteiger partial charge in [0.05, 0.1) is 31.5 Å². The van der Waals surface area contributed by atoms with Crippen LogP contribution in [-0.4, -0.2) is 75.0 Å². The van der Waals surface area contributed by atoms with Gasteiger partial charge in [0.2, 0.25) is 0 Å². The predicted molar refractivity (Wildman–Crippen MR) is 82.7 cm³/mol. The SMILES string of the molecule is CN=C(NCCN1CCOCC1C)NC1CC2CCC1O2. The van der Waals surface area contributed by atoms with E-state index in [0.29, 0.717) is 24.3 Å². The van der Waals surface area contributed by atoms with Crippen LogP contribution < -0.4 is 10.6 Å². The number of hydrogen-bond acceptors (Lipinski definition) is 4. The first-order chi connectivity index (χ1) is 10.3. The van der Waals surface area contributed by atoms with Crippen LogP contribution >= 0.6 is 0 Å². The minimum Gasteiger partial charge on any atom is -0.379 e. The maximum atomic E-state index is 5.88. The largest absolute Gasteiger partial charge is 0.379 e. The van der Waals surface area contributed by atoms with Crippen LogP contribution in [0.4, 0.5) is 0 Å². The maximum Gasteiger partial charge on any atom is 0.191 e. The zero-order valence-electron chi connectivity index (χ0n) is 13.2. The lowest BCUT2D eigenvalue weighted by molar-refractivity contribution is 0.000871. The molecule has 0 saturated carbocycles. The Bertz CT molecular complexity index is 377. The summed E-state index contributed by atoms with van der Waals surface area (Å²) in [4.78, 5) is 6.80. The van der Waals surface area contributed by atoms with Crippen LogP contribution in [0.1, 0.15) is 26.2 Å². The highest BCUT2D eigenvalue weighted by atomic mass is 16.5. The summed E-state index contributed by atoms with van der Waals surface area (Å²) < 4.78 is 11.3. The molecule has 6 nitrogen and oxygen atoms in total. The summed E-state index contributed by atoms with van der Waals surface area (Å²) in [5.41, 5.74) is 0. The number of guanidine groups is 1. The average Bonchev–Trinajstić information content (AvgIpc) is 3.10. The Balaban J connectivity index is 1.39. The van der Waals surface area contributed by atoms with Gasteiger partial charge in [-0.05, 0) is 26.2 Å². The fraction of sp³-hybridized carbons (Fsp3) is 0.933. The van der Waals surface area contributed by atoms with E-state index < -0.39 is 0 Å². The smallest absolute Gasteiger partial charge is 0.191 e. The molecule has 0 aromatic carbocycles. The first-order valence-electron chi connectivity index (χ1n) is 8.20. The third-order valence-corrected chi connectivity index (χ3v) is 4.85. The van der Waals surface area contributed by atoms with E-state index in [0.717, 1.165) is 45.2 Å². The summed E-state index contributed by atoms with van der Waals surface area (Å²) in [6, 6.07) is 0.937. The van der Waals surface area contributed by atoms with Gasteiger partial charge in [0.25, 0.3) is 0 Å². The molecule has 3 aliphatic heterocycles. The van der Waals surface area contributed by atoms with Crippen molar-refractivity contribution in [2.24, 2.45) is 4.99 Å². The maximum absolute atomic E-state index is 5.88. The van der Waals surface area contributed by atoms with E-state index in [1.807, 2.05) is 7.05 Å². The Morgan fingerprint density at radius 2 is 2.29 bits per heavy atom. The van der Waals surface area contributed by atoms with Gasteiger partial charge in [-0.25, -0.2) is 0 Å². The fourth-order valence-corrected chi connectivity index (χ4v) is 3.57. The monoisotopic (exact) mass is 296 g/mol. The summed E-state index contributed by atoms with van der Waals surface area (Å²) >= 11 is 0. The molecule has 3 rings (SSSR count). The average molecular weight is 296 g/mol. The number of nitrogens with one attached hydrogen (secondary N) is 2. The van der Waals surface area contributed by atoms with Gasteiger partial charge >= 0.3 is 0 Å². The Hall–Kier alpha value is -0.850. The van der Waals surface area contributed by atoms with E-state index in [1.54, 1.807) is 0 Å². The molecule has 4 atom stereocenters. The Labute approximate surface area is 127 Å². The summed E-state index contributed by atoms with van der Waals surface area (Å²) in [5, 5.41) is 6.94. The molecule has 0 spiro atoms. The number of morpholine rings is 1. The molecule has 120 valence electrons. The number of ether oxygens (including phenoxy) is 2. The van der Waals surface area contributed by atoms with Gasteiger partial charge < -0.3 is 20.1 Å². The normalized spacial score (nSPS) is 37.0. The van der Waals surface area contributed by atoms with Gasteiger partial charge in [-0.15, -0.1) is 0 Å². The standard InChI is InChI=1S/C15H28N4O2/c1-11-10-20-8-7-19(11)6-5-17-15(16-2)18-13-9-12-3-4-14(13)21-12/h11-14H,3-10H2,1-2H3,(H2,16,17,18). The van der Waals surface area contributed by atoms with Crippen LogP contribution in [0.25, 0.3) is 0 Å². The molecule has 3 saturated heterocycles. The van der Waals surface area contributed by atoms with Crippen molar-refractivity contribution in [3.05, 3.63) is 0 Å². The molecule has 2 bridgehead atoms. The summed E-state index contributed by atoms with van der Waals surface area (Å²) in [6.07, 6.45) is 4.38. The van der Waals surface area contributed by atoms with Crippen LogP contribution in [0.5, 0.6) is 0 Å². The summed E-state index contributed by atoms with van der Waals surface area (Å²) in [5.74, 6) is 0.900. The van der Waals surface area contributed by atoms with Crippen LogP contribution in [-0.2, 0) is 9.47 Å². The van der Waals surface area contributed by atoms with Crippen molar-refractivity contribution >= 4 is 5.96 Å². The zero-order chi connectivity index (χ0) is 14.7. The highest BCUT2D eigenvalue weighted by Gasteiger charge is 2.41. The number of hydrogen-bond donors (Lipinski definition) is 2. The van der Waals surface area contributed by atoms with Crippen molar-refractivity contribution in [1.29, 1.82) is 0 Å². The summed E-state index contributed by atoms with van der Waals surface area (Å²) in [7, 11) is 1.83. The molecular formula is C15H28N4O2. The van der Waals surface area contributed by atoms with Crippen molar-refractivity contribution in [2.75, 3.05) is 39.9 Å². The molecule has 21 heavy (non-hydrogen) atoms. The fourth-order valence-electron chi connectivity index (χ4n) is 3.57. The van der Waals surface area contributed by atoms with Crippen LogP contribution in [0.15, 0.2) is 4.99 Å². The van der Waals surface area contributed by atoms with Crippen LogP contribution in [0.3, 0.4) is 0 Å². The molecule has 2 N–H and O–H groups in total. The van der Waals surface area contributed by atoms with E-state index in [1.165, 1.54) is 12.8 Å². The lowest BCUT2D eigenvalue weighted by Crippen LogP contribution is -2.51. The van der Waals surface area contributed by atoms with Gasteiger partial charge in [0.15, 0.2) is 5.96 Å². The van der Waals surface area contributed by atoms with Gasteiger partial charge in [-0.2, -0.15) is 0 Å². The topological polar surface area (TPSA) is 58.1 Å². The van der Waals surface area contributed by atoms with Crippen molar-refractivity contribution in [2.45, 2.75) is 50.5 Å². The minimum absolute atomic E-state index is 0.382. The minimum atomic E-state index is 0.382. The Morgan fingerprint density at radius 3 is 2.95 bits per heavy atom. The van der Waals surface area contributed by atoms with Crippen molar-refractivity contribution < 1.29 is 9.47 Å². The second-order valence-corrected chi connectivity index (χ2v) is 6.32. The van der Waals surface area contributed by atoms with Gasteiger partial charge in [0.1, 0.15) is 0 Å². The highest BCUT2D eigenvalue weighted by Crippen LogP contribution is 2.34. The lowest BCUT2D eigenvalue weighted by Gasteiger charge is -2.33. The van der Waals surface area contributed by atoms with E-state index >= 15 is 0 Å². The first-order valence-corrected chi connectivity index (χ1v) is 8.20. The van der Waals surface area contributed by atoms with E-state index in [2.05, 4.69) is 27.4 Å². The molecular weight excluding hydrogens is 268 g/mol. The molecule has 0 aromatic rings.